The zero-order chi connectivity index (χ0) is 12.3. The normalized spacial score (nSPS) is 9.94. The molecule has 0 radical (unpaired) electrons. The first-order chi connectivity index (χ1) is 8.15. The van der Waals surface area contributed by atoms with Crippen LogP contribution in [0.3, 0.4) is 0 Å². The van der Waals surface area contributed by atoms with Crippen molar-refractivity contribution < 1.29 is 4.79 Å². The van der Waals surface area contributed by atoms with Gasteiger partial charge in [0.2, 0.25) is 0 Å². The lowest BCUT2D eigenvalue weighted by Gasteiger charge is -2.03. The number of pyridine rings is 1. The summed E-state index contributed by atoms with van der Waals surface area (Å²) >= 11 is 5.61. The topological polar surface area (TPSA) is 87.7 Å². The number of hydrogen-bond acceptors (Lipinski definition) is 4. The third-order valence-electron chi connectivity index (χ3n) is 1.90. The predicted octanol–water partition coefficient (Wildman–Crippen LogP) is 1.07. The summed E-state index contributed by atoms with van der Waals surface area (Å²) in [5, 5.41) is 8.67. The van der Waals surface area contributed by atoms with Gasteiger partial charge in [-0.05, 0) is 18.2 Å². The maximum atomic E-state index is 11.7. The first kappa shape index (κ1) is 11.3. The Morgan fingerprint density at radius 2 is 2.12 bits per heavy atom. The maximum absolute atomic E-state index is 11.7. The summed E-state index contributed by atoms with van der Waals surface area (Å²) in [7, 11) is 0. The van der Waals surface area contributed by atoms with Crippen LogP contribution in [0.4, 0.5) is 5.69 Å². The van der Waals surface area contributed by atoms with E-state index >= 15 is 0 Å². The van der Waals surface area contributed by atoms with Gasteiger partial charge in [0, 0.05) is 6.07 Å². The van der Waals surface area contributed by atoms with Gasteiger partial charge in [0.15, 0.2) is 0 Å². The lowest BCUT2D eigenvalue weighted by Crippen LogP contribution is -2.17. The van der Waals surface area contributed by atoms with Gasteiger partial charge in [-0.1, -0.05) is 11.6 Å². The largest absolute Gasteiger partial charge is 0.319 e. The number of aromatic nitrogens is 3. The number of anilines is 1. The predicted molar refractivity (Wildman–Crippen MR) is 62.1 cm³/mol. The summed E-state index contributed by atoms with van der Waals surface area (Å²) < 4.78 is 0. The molecule has 17 heavy (non-hydrogen) atoms. The first-order valence-electron chi connectivity index (χ1n) is 4.64. The van der Waals surface area contributed by atoms with Crippen molar-refractivity contribution in [1.29, 1.82) is 0 Å². The van der Waals surface area contributed by atoms with Crippen LogP contribution in [0.15, 0.2) is 35.3 Å². The Kier molecular flexibility index (Phi) is 3.15. The Morgan fingerprint density at radius 1 is 1.29 bits per heavy atom. The second-order valence-corrected chi connectivity index (χ2v) is 3.52. The van der Waals surface area contributed by atoms with Gasteiger partial charge < -0.3 is 5.32 Å². The highest BCUT2D eigenvalue weighted by atomic mass is 35.5. The van der Waals surface area contributed by atoms with Crippen LogP contribution in [0.2, 0.25) is 5.15 Å². The van der Waals surface area contributed by atoms with Crippen LogP contribution in [0.1, 0.15) is 10.5 Å². The minimum atomic E-state index is -0.439. The minimum absolute atomic E-state index is 0.111. The third kappa shape index (κ3) is 2.88. The third-order valence-corrected chi connectivity index (χ3v) is 2.12. The summed E-state index contributed by atoms with van der Waals surface area (Å²) in [6, 6.07) is 5.72. The van der Waals surface area contributed by atoms with Crippen LogP contribution in [0, 0.1) is 0 Å². The van der Waals surface area contributed by atoms with Gasteiger partial charge in [0.1, 0.15) is 10.8 Å². The van der Waals surface area contributed by atoms with Gasteiger partial charge in [-0.25, -0.2) is 10.1 Å². The monoisotopic (exact) mass is 250 g/mol. The fraction of sp³-hybridized carbons (Fsp3) is 0. The summed E-state index contributed by atoms with van der Waals surface area (Å²) in [5.74, 6) is -0.439. The second kappa shape index (κ2) is 4.75. The Morgan fingerprint density at radius 3 is 2.71 bits per heavy atom. The van der Waals surface area contributed by atoms with Crippen LogP contribution >= 0.6 is 11.6 Å². The molecule has 0 bridgehead atoms. The molecule has 2 heterocycles. The SMILES string of the molecule is O=C(Nc1ccc(Cl)nc1)c1ccc(=O)[nH]n1. The van der Waals surface area contributed by atoms with Crippen molar-refractivity contribution in [3.8, 4) is 0 Å². The van der Waals surface area contributed by atoms with Crippen molar-refractivity contribution in [2.75, 3.05) is 5.32 Å². The first-order valence-corrected chi connectivity index (χ1v) is 5.01. The lowest BCUT2D eigenvalue weighted by molar-refractivity contribution is 0.102. The molecule has 0 aliphatic carbocycles. The Hall–Kier alpha value is -2.21. The van der Waals surface area contributed by atoms with Gasteiger partial charge in [0.25, 0.3) is 11.5 Å². The molecule has 0 unspecified atom stereocenters. The van der Waals surface area contributed by atoms with E-state index in [0.29, 0.717) is 10.8 Å². The highest BCUT2D eigenvalue weighted by molar-refractivity contribution is 6.29. The Bertz CT molecular complexity index is 574. The van der Waals surface area contributed by atoms with E-state index in [9.17, 15) is 9.59 Å². The van der Waals surface area contributed by atoms with Gasteiger partial charge in [-0.2, -0.15) is 5.10 Å². The van der Waals surface area contributed by atoms with E-state index in [-0.39, 0.29) is 11.3 Å². The Balaban J connectivity index is 2.14. The lowest BCUT2D eigenvalue weighted by atomic mass is 10.3. The van der Waals surface area contributed by atoms with E-state index in [1.165, 1.54) is 18.3 Å². The molecule has 0 aromatic carbocycles. The molecular weight excluding hydrogens is 244 g/mol. The number of aromatic amines is 1. The molecule has 6 nitrogen and oxygen atoms in total. The van der Waals surface area contributed by atoms with Crippen LogP contribution in [0.5, 0.6) is 0 Å². The zero-order valence-corrected chi connectivity index (χ0v) is 9.23. The van der Waals surface area contributed by atoms with Crippen molar-refractivity contribution >= 4 is 23.2 Å². The number of amides is 1. The second-order valence-electron chi connectivity index (χ2n) is 3.13. The fourth-order valence-electron chi connectivity index (χ4n) is 1.12. The van der Waals surface area contributed by atoms with Crippen molar-refractivity contribution in [3.63, 3.8) is 0 Å². The summed E-state index contributed by atoms with van der Waals surface area (Å²) in [6.07, 6.45) is 1.42. The zero-order valence-electron chi connectivity index (χ0n) is 8.48. The summed E-state index contributed by atoms with van der Waals surface area (Å²) in [6.45, 7) is 0. The molecule has 2 aromatic heterocycles. The van der Waals surface area contributed by atoms with E-state index in [1.807, 2.05) is 0 Å². The molecule has 0 saturated carbocycles. The number of carbonyl (C=O) groups is 1. The molecule has 0 fully saturated rings. The maximum Gasteiger partial charge on any atom is 0.276 e. The molecule has 2 aromatic rings. The number of carbonyl (C=O) groups excluding carboxylic acids is 1. The van der Waals surface area contributed by atoms with Gasteiger partial charge in [-0.15, -0.1) is 0 Å². The van der Waals surface area contributed by atoms with E-state index < -0.39 is 5.91 Å². The Labute approximate surface area is 101 Å². The number of nitrogens with zero attached hydrogens (tertiary/aromatic N) is 2. The smallest absolute Gasteiger partial charge is 0.276 e. The molecule has 7 heteroatoms. The number of halogens is 1. The van der Waals surface area contributed by atoms with Crippen LogP contribution in [-0.2, 0) is 0 Å². The molecule has 2 N–H and O–H groups in total. The van der Waals surface area contributed by atoms with Crippen molar-refractivity contribution in [1.82, 2.24) is 15.2 Å². The number of hydrogen-bond donors (Lipinski definition) is 2. The van der Waals surface area contributed by atoms with Crippen LogP contribution < -0.4 is 10.9 Å². The average molecular weight is 251 g/mol. The average Bonchev–Trinajstić information content (AvgIpc) is 2.33. The van der Waals surface area contributed by atoms with Gasteiger partial charge >= 0.3 is 0 Å². The van der Waals surface area contributed by atoms with Gasteiger partial charge in [-0.3, -0.25) is 9.59 Å². The number of rotatable bonds is 2. The molecule has 2 rings (SSSR count). The van der Waals surface area contributed by atoms with Crippen molar-refractivity contribution in [2.24, 2.45) is 0 Å². The highest BCUT2D eigenvalue weighted by Gasteiger charge is 2.07. The molecule has 0 saturated heterocycles. The quantitative estimate of drug-likeness (QED) is 0.781. The van der Waals surface area contributed by atoms with Crippen molar-refractivity contribution in [2.45, 2.75) is 0 Å². The molecule has 0 atom stereocenters. The molecule has 0 aliphatic heterocycles. The van der Waals surface area contributed by atoms with E-state index in [2.05, 4.69) is 20.5 Å². The van der Waals surface area contributed by atoms with Crippen LogP contribution in [-0.4, -0.2) is 21.1 Å². The van der Waals surface area contributed by atoms with E-state index in [4.69, 9.17) is 11.6 Å². The summed E-state index contributed by atoms with van der Waals surface area (Å²) in [4.78, 5) is 26.2. The van der Waals surface area contributed by atoms with E-state index in [0.717, 1.165) is 0 Å². The van der Waals surface area contributed by atoms with E-state index in [1.54, 1.807) is 12.1 Å². The molecule has 86 valence electrons. The molecule has 0 aliphatic rings. The molecule has 0 spiro atoms. The minimum Gasteiger partial charge on any atom is -0.319 e. The van der Waals surface area contributed by atoms with Crippen molar-refractivity contribution in [3.05, 3.63) is 51.7 Å². The fourth-order valence-corrected chi connectivity index (χ4v) is 1.23. The number of H-pyrrole nitrogens is 1. The van der Waals surface area contributed by atoms with Gasteiger partial charge in [0.05, 0.1) is 11.9 Å². The standard InChI is InChI=1S/C10H7ClN4O2/c11-8-3-1-6(5-12-8)13-10(17)7-2-4-9(16)15-14-7/h1-5H,(H,13,17)(H,15,16). The molecule has 1 amide bonds. The summed E-state index contributed by atoms with van der Waals surface area (Å²) in [5.41, 5.74) is 0.238. The van der Waals surface area contributed by atoms with Crippen LogP contribution in [0.25, 0.3) is 0 Å². The molecular formula is C10H7ClN4O2. The highest BCUT2D eigenvalue weighted by Crippen LogP contribution is 2.10. The number of nitrogens with one attached hydrogen (secondary N) is 2.